The van der Waals surface area contributed by atoms with Crippen LogP contribution in [0.4, 0.5) is 5.82 Å². The van der Waals surface area contributed by atoms with Crippen molar-refractivity contribution >= 4 is 5.82 Å². The topological polar surface area (TPSA) is 73.1 Å². The van der Waals surface area contributed by atoms with Crippen LogP contribution >= 0.6 is 0 Å². The van der Waals surface area contributed by atoms with Crippen LogP contribution in [0.15, 0.2) is 12.4 Å². The van der Waals surface area contributed by atoms with Crippen LogP contribution in [0.25, 0.3) is 0 Å². The van der Waals surface area contributed by atoms with Crippen LogP contribution in [0, 0.1) is 5.92 Å². The lowest BCUT2D eigenvalue weighted by atomic mass is 9.85. The van der Waals surface area contributed by atoms with Crippen LogP contribution in [0.5, 0.6) is 5.88 Å². The highest BCUT2D eigenvalue weighted by Crippen LogP contribution is 2.23. The fraction of sp³-hybridized carbons (Fsp3) is 0.692. The first-order valence-electron chi connectivity index (χ1n) is 6.74. The summed E-state index contributed by atoms with van der Waals surface area (Å²) < 4.78 is 5.34. The molecular weight excluding hydrogens is 228 g/mol. The summed E-state index contributed by atoms with van der Waals surface area (Å²) in [6.45, 7) is 3.43. The molecule has 5 nitrogen and oxygen atoms in total. The molecule has 2 unspecified atom stereocenters. The number of hydrogen-bond acceptors (Lipinski definition) is 5. The van der Waals surface area contributed by atoms with Crippen molar-refractivity contribution in [2.75, 3.05) is 18.5 Å². The van der Waals surface area contributed by atoms with Crippen LogP contribution in [0.1, 0.15) is 32.6 Å². The average molecular weight is 250 g/mol. The van der Waals surface area contributed by atoms with E-state index in [-0.39, 0.29) is 0 Å². The van der Waals surface area contributed by atoms with Crippen molar-refractivity contribution in [1.82, 2.24) is 9.97 Å². The van der Waals surface area contributed by atoms with Gasteiger partial charge in [0.25, 0.3) is 0 Å². The molecule has 1 fully saturated rings. The minimum absolute atomic E-state index is 0.319. The molecular formula is C13H22N4O. The fourth-order valence-electron chi connectivity index (χ4n) is 2.39. The van der Waals surface area contributed by atoms with E-state index in [9.17, 15) is 0 Å². The summed E-state index contributed by atoms with van der Waals surface area (Å²) in [5.41, 5.74) is 6.12. The molecule has 1 saturated carbocycles. The Morgan fingerprint density at radius 2 is 2.22 bits per heavy atom. The second-order valence-corrected chi connectivity index (χ2v) is 4.76. The van der Waals surface area contributed by atoms with Crippen LogP contribution in [-0.2, 0) is 0 Å². The third kappa shape index (κ3) is 3.57. The number of nitrogens with zero attached hydrogens (tertiary/aromatic N) is 2. The zero-order chi connectivity index (χ0) is 12.8. The molecule has 0 saturated heterocycles. The lowest BCUT2D eigenvalue weighted by Gasteiger charge is -2.28. The fourth-order valence-corrected chi connectivity index (χ4v) is 2.39. The molecule has 0 aliphatic heterocycles. The van der Waals surface area contributed by atoms with Gasteiger partial charge in [0.15, 0.2) is 0 Å². The van der Waals surface area contributed by atoms with Gasteiger partial charge in [0, 0.05) is 18.7 Å². The summed E-state index contributed by atoms with van der Waals surface area (Å²) in [6.07, 6.45) is 6.42. The van der Waals surface area contributed by atoms with Crippen molar-refractivity contribution in [2.24, 2.45) is 11.7 Å². The van der Waals surface area contributed by atoms with Crippen molar-refractivity contribution < 1.29 is 4.74 Å². The Hall–Kier alpha value is -1.36. The van der Waals surface area contributed by atoms with Gasteiger partial charge in [-0.05, 0) is 25.7 Å². The van der Waals surface area contributed by atoms with Crippen molar-refractivity contribution in [3.05, 3.63) is 12.4 Å². The van der Waals surface area contributed by atoms with Gasteiger partial charge in [0.1, 0.15) is 12.1 Å². The number of nitrogens with one attached hydrogen (secondary N) is 1. The Balaban J connectivity index is 1.87. The van der Waals surface area contributed by atoms with Crippen molar-refractivity contribution in [2.45, 2.75) is 38.6 Å². The first kappa shape index (κ1) is 13.1. The van der Waals surface area contributed by atoms with E-state index in [4.69, 9.17) is 10.5 Å². The minimum atomic E-state index is 0.319. The van der Waals surface area contributed by atoms with Gasteiger partial charge in [-0.25, -0.2) is 9.97 Å². The maximum Gasteiger partial charge on any atom is 0.218 e. The maximum absolute atomic E-state index is 6.12. The zero-order valence-corrected chi connectivity index (χ0v) is 10.9. The largest absolute Gasteiger partial charge is 0.478 e. The molecule has 1 aliphatic carbocycles. The maximum atomic E-state index is 6.12. The predicted molar refractivity (Wildman–Crippen MR) is 71.6 cm³/mol. The second kappa shape index (κ2) is 6.54. The highest BCUT2D eigenvalue weighted by molar-refractivity contribution is 5.37. The van der Waals surface area contributed by atoms with E-state index in [0.29, 0.717) is 24.4 Å². The first-order chi connectivity index (χ1) is 8.79. The number of anilines is 1. The Morgan fingerprint density at radius 1 is 1.39 bits per heavy atom. The summed E-state index contributed by atoms with van der Waals surface area (Å²) >= 11 is 0. The quantitative estimate of drug-likeness (QED) is 0.833. The predicted octanol–water partition coefficient (Wildman–Crippen LogP) is 1.80. The van der Waals surface area contributed by atoms with Crippen LogP contribution in [0.2, 0.25) is 0 Å². The van der Waals surface area contributed by atoms with E-state index in [1.165, 1.54) is 25.6 Å². The third-order valence-electron chi connectivity index (χ3n) is 3.45. The van der Waals surface area contributed by atoms with Crippen LogP contribution in [0.3, 0.4) is 0 Å². The summed E-state index contributed by atoms with van der Waals surface area (Å²) in [5, 5.41) is 3.33. The van der Waals surface area contributed by atoms with Gasteiger partial charge in [-0.1, -0.05) is 12.8 Å². The number of aromatic nitrogens is 2. The molecule has 0 radical (unpaired) electrons. The summed E-state index contributed by atoms with van der Waals surface area (Å²) in [5.74, 6) is 1.97. The monoisotopic (exact) mass is 250 g/mol. The molecule has 0 spiro atoms. The molecule has 1 heterocycles. The molecule has 1 aliphatic rings. The van der Waals surface area contributed by atoms with E-state index in [1.54, 1.807) is 0 Å². The molecule has 1 aromatic rings. The summed E-state index contributed by atoms with van der Waals surface area (Å²) in [6, 6.07) is 2.15. The van der Waals surface area contributed by atoms with Gasteiger partial charge >= 0.3 is 0 Å². The van der Waals surface area contributed by atoms with Gasteiger partial charge in [-0.3, -0.25) is 0 Å². The molecule has 5 heteroatoms. The van der Waals surface area contributed by atoms with Gasteiger partial charge < -0.3 is 15.8 Å². The zero-order valence-electron chi connectivity index (χ0n) is 10.9. The Morgan fingerprint density at radius 3 is 3.00 bits per heavy atom. The van der Waals surface area contributed by atoms with Gasteiger partial charge in [-0.15, -0.1) is 0 Å². The molecule has 0 amide bonds. The smallest absolute Gasteiger partial charge is 0.218 e. The number of ether oxygens (including phenoxy) is 1. The van der Waals surface area contributed by atoms with Crippen molar-refractivity contribution in [3.63, 3.8) is 0 Å². The lowest BCUT2D eigenvalue weighted by Crippen LogP contribution is -2.37. The SMILES string of the molecule is CCOc1cc(NCC2CCCCC2N)ncn1. The van der Waals surface area contributed by atoms with Crippen LogP contribution < -0.4 is 15.8 Å². The minimum Gasteiger partial charge on any atom is -0.478 e. The molecule has 18 heavy (non-hydrogen) atoms. The second-order valence-electron chi connectivity index (χ2n) is 4.76. The van der Waals surface area contributed by atoms with E-state index in [0.717, 1.165) is 18.8 Å². The van der Waals surface area contributed by atoms with Gasteiger partial charge in [-0.2, -0.15) is 0 Å². The van der Waals surface area contributed by atoms with E-state index < -0.39 is 0 Å². The average Bonchev–Trinajstić information content (AvgIpc) is 2.39. The van der Waals surface area contributed by atoms with Crippen molar-refractivity contribution in [3.8, 4) is 5.88 Å². The molecule has 0 bridgehead atoms. The third-order valence-corrected chi connectivity index (χ3v) is 3.45. The molecule has 0 aromatic carbocycles. The lowest BCUT2D eigenvalue weighted by molar-refractivity contribution is 0.320. The first-order valence-corrected chi connectivity index (χ1v) is 6.74. The molecule has 2 atom stereocenters. The molecule has 3 N–H and O–H groups in total. The number of hydrogen-bond donors (Lipinski definition) is 2. The van der Waals surface area contributed by atoms with E-state index in [1.807, 2.05) is 13.0 Å². The van der Waals surface area contributed by atoms with E-state index >= 15 is 0 Å². The Bertz CT molecular complexity index is 372. The highest BCUT2D eigenvalue weighted by Gasteiger charge is 2.21. The summed E-state index contributed by atoms with van der Waals surface area (Å²) in [7, 11) is 0. The Kier molecular flexibility index (Phi) is 4.75. The Labute approximate surface area is 108 Å². The molecule has 2 rings (SSSR count). The van der Waals surface area contributed by atoms with Gasteiger partial charge in [0.2, 0.25) is 5.88 Å². The van der Waals surface area contributed by atoms with Gasteiger partial charge in [0.05, 0.1) is 6.61 Å². The number of rotatable bonds is 5. The standard InChI is InChI=1S/C13H22N4O/c1-2-18-13-7-12(16-9-17-13)15-8-10-5-3-4-6-11(10)14/h7,9-11H,2-6,8,14H2,1H3,(H,15,16,17). The highest BCUT2D eigenvalue weighted by atomic mass is 16.5. The van der Waals surface area contributed by atoms with E-state index in [2.05, 4.69) is 15.3 Å². The van der Waals surface area contributed by atoms with Crippen molar-refractivity contribution in [1.29, 1.82) is 0 Å². The molecule has 100 valence electrons. The number of nitrogens with two attached hydrogens (primary N) is 1. The summed E-state index contributed by atoms with van der Waals surface area (Å²) in [4.78, 5) is 8.23. The van der Waals surface area contributed by atoms with Crippen LogP contribution in [-0.4, -0.2) is 29.2 Å². The normalized spacial score (nSPS) is 23.7. The molecule has 1 aromatic heterocycles.